The molecule has 0 aromatic heterocycles. The summed E-state index contributed by atoms with van der Waals surface area (Å²) in [6.45, 7) is 3.96. The van der Waals surface area contributed by atoms with Gasteiger partial charge in [-0.15, -0.1) is 0 Å². The van der Waals surface area contributed by atoms with Crippen molar-refractivity contribution in [2.75, 3.05) is 26.4 Å². The average Bonchev–Trinajstić information content (AvgIpc) is 3.31. The monoisotopic (exact) mass is 985 g/mol. The van der Waals surface area contributed by atoms with E-state index in [0.717, 1.165) is 64.2 Å². The second kappa shape index (κ2) is 46.2. The lowest BCUT2D eigenvalue weighted by atomic mass is 9.99. The van der Waals surface area contributed by atoms with Crippen LogP contribution in [-0.2, 0) is 38.3 Å². The van der Waals surface area contributed by atoms with E-state index in [4.69, 9.17) is 18.9 Å². The molecule has 398 valence electrons. The molecule has 0 saturated carbocycles. The predicted molar refractivity (Wildman–Crippen MR) is 276 cm³/mol. The summed E-state index contributed by atoms with van der Waals surface area (Å²) in [5.41, 5.74) is 0. The highest BCUT2D eigenvalue weighted by molar-refractivity contribution is 7.80. The van der Waals surface area contributed by atoms with Crippen LogP contribution in [0.5, 0.6) is 0 Å². The highest BCUT2D eigenvalue weighted by Gasteiger charge is 2.48. The topological polar surface area (TPSA) is 178 Å². The highest BCUT2D eigenvalue weighted by atomic mass is 32.3. The van der Waals surface area contributed by atoms with Crippen molar-refractivity contribution < 1.29 is 56.2 Å². The molecule has 1 aliphatic rings. The summed E-state index contributed by atoms with van der Waals surface area (Å²) in [6, 6.07) is 0. The summed E-state index contributed by atoms with van der Waals surface area (Å²) >= 11 is 0. The second-order valence-corrected chi connectivity index (χ2v) is 19.9. The quantitative estimate of drug-likeness (QED) is 0.0197. The van der Waals surface area contributed by atoms with Crippen molar-refractivity contribution in [3.05, 3.63) is 48.6 Å². The van der Waals surface area contributed by atoms with Crippen molar-refractivity contribution in [2.24, 2.45) is 0 Å². The normalized spacial score (nSPS) is 19.6. The molecular formula is C55H100O12S. The molecule has 12 nitrogen and oxygen atoms in total. The molecule has 6 atom stereocenters. The van der Waals surface area contributed by atoms with Gasteiger partial charge < -0.3 is 34.3 Å². The number of rotatable bonds is 48. The number of hydrogen-bond acceptors (Lipinski definition) is 11. The van der Waals surface area contributed by atoms with Crippen LogP contribution in [-0.4, -0.2) is 97.5 Å². The number of ether oxygens (including phenoxy) is 4. The first-order chi connectivity index (χ1) is 33.1. The van der Waals surface area contributed by atoms with Gasteiger partial charge >= 0.3 is 16.4 Å². The van der Waals surface area contributed by atoms with Crippen molar-refractivity contribution in [3.8, 4) is 0 Å². The number of esters is 1. The molecule has 1 rings (SSSR count). The summed E-state index contributed by atoms with van der Waals surface area (Å²) in [6.07, 6.45) is 48.6. The molecule has 4 N–H and O–H groups in total. The van der Waals surface area contributed by atoms with E-state index in [1.54, 1.807) is 0 Å². The molecule has 68 heavy (non-hydrogen) atoms. The first kappa shape index (κ1) is 64.1. The number of hydrogen-bond donors (Lipinski definition) is 4. The Morgan fingerprint density at radius 1 is 0.559 bits per heavy atom. The molecule has 0 aromatic rings. The van der Waals surface area contributed by atoms with E-state index in [-0.39, 0.29) is 19.6 Å². The van der Waals surface area contributed by atoms with Crippen LogP contribution >= 0.6 is 0 Å². The highest BCUT2D eigenvalue weighted by Crippen LogP contribution is 2.26. The van der Waals surface area contributed by atoms with Crippen LogP contribution in [0, 0.1) is 0 Å². The Hall–Kier alpha value is -1.94. The standard InChI is InChI=1S/C55H100O12S/c1-3-5-7-9-11-13-15-17-19-21-22-23-24-25-26-27-28-29-30-32-34-36-38-40-42-44-51(57)65-49(48-64-55-53(59)54(67-68(60,61)62)52(58)50(46-56)66-55)47-63-45-43-41-39-37-35-33-31-20-18-16-14-12-10-8-6-4-2/h12,14-15,17-18,20-22,49-50,52-56,58-59H,3-11,13,16,19,23-48H2,1-2H3,(H,60,61,62)/b14-12-,17-15-,20-18-,22-21-. The summed E-state index contributed by atoms with van der Waals surface area (Å²) in [5, 5.41) is 30.8. The van der Waals surface area contributed by atoms with Crippen LogP contribution in [0.1, 0.15) is 232 Å². The summed E-state index contributed by atoms with van der Waals surface area (Å²) in [5.74, 6) is -0.403. The minimum Gasteiger partial charge on any atom is -0.457 e. The van der Waals surface area contributed by atoms with Gasteiger partial charge in [0, 0.05) is 13.0 Å². The number of carbonyl (C=O) groups is 1. The minimum absolute atomic E-state index is 0.0288. The van der Waals surface area contributed by atoms with Crippen molar-refractivity contribution in [2.45, 2.75) is 269 Å². The maximum Gasteiger partial charge on any atom is 0.397 e. The SMILES string of the molecule is CCCCC/C=C\C/C=C\CCCCCCCCOCC(COC1OC(CO)C(O)C(OS(=O)(=O)O)C1O)OC(=O)CCCCCCCCCCCCCCC/C=C\C/C=C\CCCCCCC. The van der Waals surface area contributed by atoms with Crippen molar-refractivity contribution >= 4 is 16.4 Å². The van der Waals surface area contributed by atoms with Crippen molar-refractivity contribution in [1.82, 2.24) is 0 Å². The third-order valence-corrected chi connectivity index (χ3v) is 12.9. The van der Waals surface area contributed by atoms with E-state index in [0.29, 0.717) is 13.0 Å². The molecule has 0 aromatic carbocycles. The predicted octanol–water partition coefficient (Wildman–Crippen LogP) is 13.1. The van der Waals surface area contributed by atoms with Crippen LogP contribution in [0.15, 0.2) is 48.6 Å². The molecule has 1 saturated heterocycles. The van der Waals surface area contributed by atoms with Gasteiger partial charge in [-0.1, -0.05) is 197 Å². The molecule has 1 aliphatic heterocycles. The molecule has 0 amide bonds. The first-order valence-electron chi connectivity index (χ1n) is 27.4. The molecule has 6 unspecified atom stereocenters. The molecular weight excluding hydrogens is 885 g/mol. The maximum absolute atomic E-state index is 12.9. The molecule has 0 radical (unpaired) electrons. The van der Waals surface area contributed by atoms with Crippen LogP contribution in [0.3, 0.4) is 0 Å². The number of allylic oxidation sites excluding steroid dienone is 8. The van der Waals surface area contributed by atoms with Gasteiger partial charge in [0.2, 0.25) is 0 Å². The maximum atomic E-state index is 12.9. The van der Waals surface area contributed by atoms with Crippen molar-refractivity contribution in [3.63, 3.8) is 0 Å². The van der Waals surface area contributed by atoms with Gasteiger partial charge in [-0.05, 0) is 77.0 Å². The number of carbonyl (C=O) groups excluding carboxylic acids is 1. The van der Waals surface area contributed by atoms with Gasteiger partial charge in [0.25, 0.3) is 0 Å². The fraction of sp³-hybridized carbons (Fsp3) is 0.836. The van der Waals surface area contributed by atoms with Gasteiger partial charge in [-0.25, -0.2) is 4.18 Å². The van der Waals surface area contributed by atoms with E-state index in [1.807, 2.05) is 0 Å². The van der Waals surface area contributed by atoms with Gasteiger partial charge in [-0.3, -0.25) is 9.35 Å². The second-order valence-electron chi connectivity index (χ2n) is 18.8. The Balaban J connectivity index is 2.31. The van der Waals surface area contributed by atoms with Crippen LogP contribution in [0.2, 0.25) is 0 Å². The summed E-state index contributed by atoms with van der Waals surface area (Å²) in [7, 11) is -5.07. The Morgan fingerprint density at radius 3 is 1.43 bits per heavy atom. The zero-order valence-electron chi connectivity index (χ0n) is 42.9. The fourth-order valence-corrected chi connectivity index (χ4v) is 8.77. The minimum atomic E-state index is -5.07. The van der Waals surface area contributed by atoms with E-state index < -0.39 is 59.8 Å². The molecule has 1 heterocycles. The summed E-state index contributed by atoms with van der Waals surface area (Å²) in [4.78, 5) is 12.9. The van der Waals surface area contributed by atoms with Crippen LogP contribution in [0.4, 0.5) is 0 Å². The van der Waals surface area contributed by atoms with Crippen LogP contribution in [0.25, 0.3) is 0 Å². The number of aliphatic hydroxyl groups excluding tert-OH is 3. The van der Waals surface area contributed by atoms with E-state index in [9.17, 15) is 33.1 Å². The zero-order valence-corrected chi connectivity index (χ0v) is 43.7. The molecule has 1 fully saturated rings. The molecule has 13 heteroatoms. The van der Waals surface area contributed by atoms with Gasteiger partial charge in [0.15, 0.2) is 6.29 Å². The number of unbranched alkanes of at least 4 members (excludes halogenated alkanes) is 27. The van der Waals surface area contributed by atoms with Crippen molar-refractivity contribution in [1.29, 1.82) is 0 Å². The molecule has 0 spiro atoms. The van der Waals surface area contributed by atoms with E-state index in [2.05, 4.69) is 66.6 Å². The lowest BCUT2D eigenvalue weighted by molar-refractivity contribution is -0.301. The van der Waals surface area contributed by atoms with E-state index in [1.165, 1.54) is 141 Å². The van der Waals surface area contributed by atoms with Gasteiger partial charge in [0.05, 0.1) is 19.8 Å². The van der Waals surface area contributed by atoms with E-state index >= 15 is 0 Å². The van der Waals surface area contributed by atoms with Gasteiger partial charge in [-0.2, -0.15) is 8.42 Å². The smallest absolute Gasteiger partial charge is 0.397 e. The fourth-order valence-electron chi connectivity index (χ4n) is 8.26. The Bertz CT molecular complexity index is 1370. The Kier molecular flexibility index (Phi) is 43.5. The third kappa shape index (κ3) is 38.8. The number of aliphatic hydroxyl groups is 3. The largest absolute Gasteiger partial charge is 0.457 e. The van der Waals surface area contributed by atoms with Gasteiger partial charge in [0.1, 0.15) is 30.5 Å². The lowest BCUT2D eigenvalue weighted by Gasteiger charge is -2.41. The molecule has 0 aliphatic carbocycles. The molecule has 0 bridgehead atoms. The first-order valence-corrected chi connectivity index (χ1v) is 28.8. The summed E-state index contributed by atoms with van der Waals surface area (Å²) < 4.78 is 59.3. The third-order valence-electron chi connectivity index (χ3n) is 12.4. The average molecular weight is 985 g/mol. The Labute approximate surface area is 415 Å². The van der Waals surface area contributed by atoms with Crippen LogP contribution < -0.4 is 0 Å². The lowest BCUT2D eigenvalue weighted by Crippen LogP contribution is -2.60. The Morgan fingerprint density at radius 2 is 0.971 bits per heavy atom. The zero-order chi connectivity index (χ0) is 49.6.